The molecular formula is C15H16N4O4S2. The summed E-state index contributed by atoms with van der Waals surface area (Å²) >= 11 is 2.43. The molecule has 8 nitrogen and oxygen atoms in total. The number of thioether (sulfide) groups is 1. The summed E-state index contributed by atoms with van der Waals surface area (Å²) in [6, 6.07) is 6.39. The smallest absolute Gasteiger partial charge is 0.337 e. The van der Waals surface area contributed by atoms with Crippen molar-refractivity contribution >= 4 is 51.7 Å². The second kappa shape index (κ2) is 9.14. The summed E-state index contributed by atoms with van der Waals surface area (Å²) < 4.78 is 5.20. The lowest BCUT2D eigenvalue weighted by molar-refractivity contribution is -0.116. The highest BCUT2D eigenvalue weighted by atomic mass is 32.2. The van der Waals surface area contributed by atoms with Crippen molar-refractivity contribution in [2.75, 3.05) is 23.5 Å². The van der Waals surface area contributed by atoms with Crippen molar-refractivity contribution in [2.24, 2.45) is 0 Å². The summed E-state index contributed by atoms with van der Waals surface area (Å²) in [7, 11) is 1.31. The third-order valence-corrected chi connectivity index (χ3v) is 4.86. The molecule has 10 heteroatoms. The van der Waals surface area contributed by atoms with Gasteiger partial charge in [0.25, 0.3) is 0 Å². The van der Waals surface area contributed by atoms with Crippen molar-refractivity contribution in [3.8, 4) is 0 Å². The van der Waals surface area contributed by atoms with Crippen LogP contribution in [0.4, 0.5) is 10.8 Å². The number of ether oxygens (including phenoxy) is 1. The van der Waals surface area contributed by atoms with Gasteiger partial charge in [-0.25, -0.2) is 4.79 Å². The van der Waals surface area contributed by atoms with Gasteiger partial charge in [-0.2, -0.15) is 0 Å². The Morgan fingerprint density at radius 1 is 1.12 bits per heavy atom. The Labute approximate surface area is 152 Å². The maximum atomic E-state index is 12.0. The first-order chi connectivity index (χ1) is 12.0. The third kappa shape index (κ3) is 5.84. The maximum Gasteiger partial charge on any atom is 0.337 e. The van der Waals surface area contributed by atoms with Gasteiger partial charge in [-0.3, -0.25) is 9.59 Å². The molecule has 2 N–H and O–H groups in total. The van der Waals surface area contributed by atoms with E-state index in [1.807, 2.05) is 0 Å². The minimum atomic E-state index is -0.435. The van der Waals surface area contributed by atoms with Crippen LogP contribution < -0.4 is 10.6 Å². The Morgan fingerprint density at radius 2 is 1.84 bits per heavy atom. The van der Waals surface area contributed by atoms with Crippen molar-refractivity contribution in [3.05, 3.63) is 29.8 Å². The minimum Gasteiger partial charge on any atom is -0.465 e. The molecule has 0 saturated carbocycles. The molecule has 0 aliphatic heterocycles. The number of methoxy groups -OCH3 is 1. The molecule has 0 radical (unpaired) electrons. The number of carbonyl (C=O) groups excluding carboxylic acids is 3. The van der Waals surface area contributed by atoms with Crippen LogP contribution in [0, 0.1) is 0 Å². The molecule has 0 aliphatic rings. The molecule has 0 saturated heterocycles. The molecule has 1 heterocycles. The van der Waals surface area contributed by atoms with Crippen LogP contribution in [0.15, 0.2) is 28.6 Å². The number of esters is 1. The number of hydrogen-bond donors (Lipinski definition) is 2. The summed E-state index contributed by atoms with van der Waals surface area (Å²) in [5.74, 6) is -0.642. The minimum absolute atomic E-state index is 0.138. The first kappa shape index (κ1) is 18.9. The topological polar surface area (TPSA) is 110 Å². The molecule has 0 atom stereocenters. The van der Waals surface area contributed by atoms with Gasteiger partial charge in [-0.05, 0) is 24.3 Å². The highest BCUT2D eigenvalue weighted by Crippen LogP contribution is 2.25. The van der Waals surface area contributed by atoms with E-state index in [4.69, 9.17) is 0 Å². The molecule has 1 aromatic heterocycles. The lowest BCUT2D eigenvalue weighted by Gasteiger charge is -2.05. The van der Waals surface area contributed by atoms with Gasteiger partial charge < -0.3 is 15.4 Å². The maximum absolute atomic E-state index is 12.0. The zero-order valence-corrected chi connectivity index (χ0v) is 15.2. The molecule has 25 heavy (non-hydrogen) atoms. The predicted molar refractivity (Wildman–Crippen MR) is 96.0 cm³/mol. The average Bonchev–Trinajstić information content (AvgIpc) is 3.07. The quantitative estimate of drug-likeness (QED) is 0.431. The van der Waals surface area contributed by atoms with Crippen molar-refractivity contribution in [2.45, 2.75) is 17.7 Å². The zero-order chi connectivity index (χ0) is 18.2. The highest BCUT2D eigenvalue weighted by molar-refractivity contribution is 8.01. The van der Waals surface area contributed by atoms with E-state index in [0.29, 0.717) is 27.1 Å². The summed E-state index contributed by atoms with van der Waals surface area (Å²) in [5.41, 5.74) is 0.983. The lowest BCUT2D eigenvalue weighted by Crippen LogP contribution is -2.14. The van der Waals surface area contributed by atoms with Gasteiger partial charge in [-0.1, -0.05) is 30.0 Å². The van der Waals surface area contributed by atoms with Crippen LogP contribution in [0.3, 0.4) is 0 Å². The van der Waals surface area contributed by atoms with E-state index >= 15 is 0 Å². The fourth-order valence-corrected chi connectivity index (χ4v) is 3.23. The van der Waals surface area contributed by atoms with E-state index in [-0.39, 0.29) is 17.6 Å². The van der Waals surface area contributed by atoms with E-state index in [2.05, 4.69) is 25.6 Å². The molecule has 0 bridgehead atoms. The zero-order valence-electron chi connectivity index (χ0n) is 13.6. The summed E-state index contributed by atoms with van der Waals surface area (Å²) in [6.07, 6.45) is 0.360. The van der Waals surface area contributed by atoms with Crippen LogP contribution in [0.1, 0.15) is 23.7 Å². The normalized spacial score (nSPS) is 10.2. The molecule has 2 rings (SSSR count). The third-order valence-electron chi connectivity index (χ3n) is 2.89. The fourth-order valence-electron chi connectivity index (χ4n) is 1.66. The Morgan fingerprint density at radius 3 is 2.48 bits per heavy atom. The monoisotopic (exact) mass is 380 g/mol. The molecule has 132 valence electrons. The van der Waals surface area contributed by atoms with Gasteiger partial charge in [0.1, 0.15) is 0 Å². The largest absolute Gasteiger partial charge is 0.465 e. The van der Waals surface area contributed by atoms with E-state index in [9.17, 15) is 14.4 Å². The summed E-state index contributed by atoms with van der Waals surface area (Å²) in [4.78, 5) is 34.6. The van der Waals surface area contributed by atoms with Crippen LogP contribution in [0.25, 0.3) is 0 Å². The lowest BCUT2D eigenvalue weighted by atomic mass is 10.2. The van der Waals surface area contributed by atoms with Crippen molar-refractivity contribution in [1.82, 2.24) is 10.2 Å². The van der Waals surface area contributed by atoms with Gasteiger partial charge in [0.15, 0.2) is 4.34 Å². The first-order valence-electron chi connectivity index (χ1n) is 7.26. The molecule has 2 aromatic rings. The number of carbonyl (C=O) groups is 3. The molecule has 0 fully saturated rings. The van der Waals surface area contributed by atoms with Crippen LogP contribution in [-0.4, -0.2) is 40.8 Å². The molecule has 2 amide bonds. The molecule has 0 spiro atoms. The Hall–Kier alpha value is -2.46. The number of nitrogens with one attached hydrogen (secondary N) is 2. The van der Waals surface area contributed by atoms with E-state index in [0.717, 1.165) is 0 Å². The van der Waals surface area contributed by atoms with Crippen LogP contribution in [0.5, 0.6) is 0 Å². The van der Waals surface area contributed by atoms with Crippen molar-refractivity contribution in [1.29, 1.82) is 0 Å². The number of hydrogen-bond acceptors (Lipinski definition) is 8. The number of benzene rings is 1. The van der Waals surface area contributed by atoms with E-state index in [1.165, 1.54) is 30.2 Å². The van der Waals surface area contributed by atoms with Gasteiger partial charge in [0, 0.05) is 12.1 Å². The number of rotatable bonds is 7. The van der Waals surface area contributed by atoms with Gasteiger partial charge >= 0.3 is 5.97 Å². The predicted octanol–water partition coefficient (Wildman–Crippen LogP) is 2.40. The average molecular weight is 380 g/mol. The van der Waals surface area contributed by atoms with Crippen LogP contribution in [0.2, 0.25) is 0 Å². The highest BCUT2D eigenvalue weighted by Gasteiger charge is 2.10. The Balaban J connectivity index is 1.82. The Bertz CT molecular complexity index is 761. The van der Waals surface area contributed by atoms with Crippen LogP contribution in [-0.2, 0) is 14.3 Å². The molecule has 1 aromatic carbocycles. The van der Waals surface area contributed by atoms with E-state index < -0.39 is 5.97 Å². The van der Waals surface area contributed by atoms with Gasteiger partial charge in [-0.15, -0.1) is 10.2 Å². The number of nitrogens with zero attached hydrogens (tertiary/aromatic N) is 2. The van der Waals surface area contributed by atoms with Crippen LogP contribution >= 0.6 is 23.1 Å². The SMILES string of the molecule is CCC(=O)Nc1nnc(SCC(=O)Nc2ccc(C(=O)OC)cc2)s1. The summed E-state index contributed by atoms with van der Waals surface area (Å²) in [6.45, 7) is 1.74. The second-order valence-electron chi connectivity index (χ2n) is 4.68. The van der Waals surface area contributed by atoms with Crippen molar-refractivity contribution in [3.63, 3.8) is 0 Å². The molecule has 0 aliphatic carbocycles. The number of anilines is 2. The summed E-state index contributed by atoms with van der Waals surface area (Å²) in [5, 5.41) is 13.5. The number of amides is 2. The first-order valence-corrected chi connectivity index (χ1v) is 9.06. The van der Waals surface area contributed by atoms with Crippen molar-refractivity contribution < 1.29 is 19.1 Å². The molecule has 0 unspecified atom stereocenters. The van der Waals surface area contributed by atoms with E-state index in [1.54, 1.807) is 31.2 Å². The van der Waals surface area contributed by atoms with Gasteiger partial charge in [0.05, 0.1) is 18.4 Å². The fraction of sp³-hybridized carbons (Fsp3) is 0.267. The van der Waals surface area contributed by atoms with Gasteiger partial charge in [0.2, 0.25) is 16.9 Å². The Kier molecular flexibility index (Phi) is 6.90. The standard InChI is InChI=1S/C15H16N4O4S2/c1-3-11(20)17-14-18-19-15(25-14)24-8-12(21)16-10-6-4-9(5-7-10)13(22)23-2/h4-7H,3,8H2,1-2H3,(H,16,21)(H,17,18,20). The number of aromatic nitrogens is 2. The molecular weight excluding hydrogens is 364 g/mol. The second-order valence-corrected chi connectivity index (χ2v) is 6.88.